The Morgan fingerprint density at radius 2 is 0.286 bits per heavy atom. The van der Waals surface area contributed by atoms with Gasteiger partial charge in [-0.2, -0.15) is 0 Å². The summed E-state index contributed by atoms with van der Waals surface area (Å²) in [5.74, 6) is 0. The van der Waals surface area contributed by atoms with Gasteiger partial charge in [0.05, 0.1) is 0 Å². The van der Waals surface area contributed by atoms with E-state index in [1.54, 1.807) is 0 Å². The standard InChI is InChI=1S/5ClH.2K.2H/h5*1H;;;;. The van der Waals surface area contributed by atoms with E-state index in [0.717, 1.165) is 0 Å². The first-order chi connectivity index (χ1) is 0. The molecule has 0 heterocycles. The van der Waals surface area contributed by atoms with Crippen molar-refractivity contribution in [2.24, 2.45) is 0 Å². The van der Waals surface area contributed by atoms with Gasteiger partial charge in [-0.05, 0) is 0 Å². The van der Waals surface area contributed by atoms with Crippen molar-refractivity contribution in [2.75, 3.05) is 0 Å². The average Bonchev–Trinajstić information content (AvgIpc) is 0. The van der Waals surface area contributed by atoms with E-state index in [2.05, 4.69) is 0 Å². The Balaban J connectivity index is 0. The van der Waals surface area contributed by atoms with E-state index in [-0.39, 0.29) is 165 Å². The van der Waals surface area contributed by atoms with Gasteiger partial charge in [-0.15, -0.1) is 62.0 Å². The molecule has 0 aromatic heterocycles. The van der Waals surface area contributed by atoms with Crippen LogP contribution in [-0.4, -0.2) is 103 Å². The van der Waals surface area contributed by atoms with Crippen molar-refractivity contribution >= 4 is 165 Å². The molecule has 0 aliphatic rings. The van der Waals surface area contributed by atoms with Crippen LogP contribution in [0.3, 0.4) is 0 Å². The summed E-state index contributed by atoms with van der Waals surface area (Å²) in [6.07, 6.45) is 0. The monoisotopic (exact) mass is 260 g/mol. The van der Waals surface area contributed by atoms with Crippen molar-refractivity contribution in [2.45, 2.75) is 0 Å². The molecule has 0 spiro atoms. The topological polar surface area (TPSA) is 0 Å². The molecule has 0 amide bonds. The van der Waals surface area contributed by atoms with Crippen LogP contribution in [0.15, 0.2) is 0 Å². The summed E-state index contributed by atoms with van der Waals surface area (Å²) in [5.41, 5.74) is 0. The third-order valence-electron chi connectivity index (χ3n) is 0. The molecule has 0 aromatic rings. The molecule has 0 saturated heterocycles. The summed E-state index contributed by atoms with van der Waals surface area (Å²) in [6, 6.07) is 0. The SMILES string of the molecule is Cl.Cl.Cl.Cl.Cl.[KH].[KH]. The third kappa shape index (κ3) is 36.6. The Morgan fingerprint density at radius 1 is 0.286 bits per heavy atom. The molecular weight excluding hydrogens is 255 g/mol. The van der Waals surface area contributed by atoms with Gasteiger partial charge in [-0.25, -0.2) is 0 Å². The van der Waals surface area contributed by atoms with Gasteiger partial charge in [-0.1, -0.05) is 0 Å². The van der Waals surface area contributed by atoms with Crippen LogP contribution in [0, 0.1) is 0 Å². The van der Waals surface area contributed by atoms with E-state index in [1.807, 2.05) is 0 Å². The van der Waals surface area contributed by atoms with Gasteiger partial charge in [0.15, 0.2) is 0 Å². The van der Waals surface area contributed by atoms with Gasteiger partial charge in [0, 0.05) is 0 Å². The fourth-order valence-corrected chi connectivity index (χ4v) is 0. The number of rotatable bonds is 0. The molecular formula is H7Cl5K2. The third-order valence-corrected chi connectivity index (χ3v) is 0. The molecule has 0 aliphatic carbocycles. The summed E-state index contributed by atoms with van der Waals surface area (Å²) >= 11 is 0. The first-order valence-electron chi connectivity index (χ1n) is 0. The maximum atomic E-state index is 0. The molecule has 44 valence electrons. The molecule has 0 rings (SSSR count). The summed E-state index contributed by atoms with van der Waals surface area (Å²) < 4.78 is 0. The van der Waals surface area contributed by atoms with Crippen LogP contribution in [0.2, 0.25) is 0 Å². The Hall–Kier alpha value is 4.72. The Morgan fingerprint density at radius 3 is 0.286 bits per heavy atom. The van der Waals surface area contributed by atoms with E-state index in [9.17, 15) is 0 Å². The zero-order chi connectivity index (χ0) is 0. The number of hydrogen-bond acceptors (Lipinski definition) is 0. The van der Waals surface area contributed by atoms with Crippen molar-refractivity contribution < 1.29 is 0 Å². The zero-order valence-electron chi connectivity index (χ0n) is 2.04. The van der Waals surface area contributed by atoms with Crippen LogP contribution in [0.4, 0.5) is 0 Å². The Labute approximate surface area is 160 Å². The van der Waals surface area contributed by atoms with Crippen molar-refractivity contribution in [1.82, 2.24) is 0 Å². The molecule has 0 bridgehead atoms. The minimum atomic E-state index is 0. The molecule has 7 heteroatoms. The van der Waals surface area contributed by atoms with Gasteiger partial charge in [0.2, 0.25) is 0 Å². The fourth-order valence-electron chi connectivity index (χ4n) is 0. The maximum absolute atomic E-state index is 0. The molecule has 0 atom stereocenters. The van der Waals surface area contributed by atoms with E-state index in [0.29, 0.717) is 0 Å². The second kappa shape index (κ2) is 45.4. The van der Waals surface area contributed by atoms with Crippen molar-refractivity contribution in [3.63, 3.8) is 0 Å². The van der Waals surface area contributed by atoms with Gasteiger partial charge in [-0.3, -0.25) is 0 Å². The second-order valence-corrected chi connectivity index (χ2v) is 0. The Bertz CT molecular complexity index is 6.04. The quantitative estimate of drug-likeness (QED) is 0.567. The van der Waals surface area contributed by atoms with Crippen LogP contribution >= 0.6 is 62.0 Å². The van der Waals surface area contributed by atoms with Crippen molar-refractivity contribution in [3.8, 4) is 0 Å². The molecule has 0 saturated carbocycles. The van der Waals surface area contributed by atoms with Gasteiger partial charge in [0.25, 0.3) is 0 Å². The minimum absolute atomic E-state index is 0. The molecule has 0 nitrogen and oxygen atoms in total. The van der Waals surface area contributed by atoms with Gasteiger partial charge < -0.3 is 0 Å². The van der Waals surface area contributed by atoms with E-state index < -0.39 is 0 Å². The van der Waals surface area contributed by atoms with Crippen molar-refractivity contribution in [3.05, 3.63) is 0 Å². The molecule has 0 fully saturated rings. The molecule has 0 radical (unpaired) electrons. The normalized spacial score (nSPS) is 0. The van der Waals surface area contributed by atoms with Crippen LogP contribution in [-0.2, 0) is 0 Å². The first kappa shape index (κ1) is 60.4. The van der Waals surface area contributed by atoms with Crippen LogP contribution in [0.25, 0.3) is 0 Å². The van der Waals surface area contributed by atoms with E-state index in [1.165, 1.54) is 0 Å². The fraction of sp³-hybridized carbons (Fsp3) is 0. The Kier molecular flexibility index (Phi) is 392. The summed E-state index contributed by atoms with van der Waals surface area (Å²) in [5, 5.41) is 0. The first-order valence-corrected chi connectivity index (χ1v) is 0. The summed E-state index contributed by atoms with van der Waals surface area (Å²) in [7, 11) is 0. The van der Waals surface area contributed by atoms with Gasteiger partial charge >= 0.3 is 103 Å². The molecule has 7 heavy (non-hydrogen) atoms. The van der Waals surface area contributed by atoms with Crippen LogP contribution < -0.4 is 0 Å². The van der Waals surface area contributed by atoms with Crippen molar-refractivity contribution in [1.29, 1.82) is 0 Å². The predicted octanol–water partition coefficient (Wildman–Crippen LogP) is 0.812. The van der Waals surface area contributed by atoms with Gasteiger partial charge in [0.1, 0.15) is 0 Å². The molecule has 0 N–H and O–H groups in total. The second-order valence-electron chi connectivity index (χ2n) is 0. The molecule has 0 unspecified atom stereocenters. The summed E-state index contributed by atoms with van der Waals surface area (Å²) in [6.45, 7) is 0. The van der Waals surface area contributed by atoms with E-state index in [4.69, 9.17) is 0 Å². The predicted molar refractivity (Wildman–Crippen MR) is 50.5 cm³/mol. The van der Waals surface area contributed by atoms with E-state index >= 15 is 0 Å². The summed E-state index contributed by atoms with van der Waals surface area (Å²) in [4.78, 5) is 0. The number of hydrogen-bond donors (Lipinski definition) is 0. The number of halogens is 5. The molecule has 0 aliphatic heterocycles. The average molecular weight is 263 g/mol. The zero-order valence-corrected chi connectivity index (χ0v) is 6.12. The van der Waals surface area contributed by atoms with Crippen LogP contribution in [0.1, 0.15) is 0 Å². The molecule has 0 aromatic carbocycles. The van der Waals surface area contributed by atoms with Crippen LogP contribution in [0.5, 0.6) is 0 Å².